The normalized spacial score (nSPS) is 14.4. The number of rotatable bonds is 5. The summed E-state index contributed by atoms with van der Waals surface area (Å²) in [5, 5.41) is 13.5. The molecule has 7 heteroatoms. The largest absolute Gasteiger partial charge is 0.453 e. The Hall–Kier alpha value is -2.33. The molecular formula is C17H19N3O3S. The predicted octanol–water partition coefficient (Wildman–Crippen LogP) is 3.04. The molecule has 0 N–H and O–H groups in total. The van der Waals surface area contributed by atoms with Gasteiger partial charge in [0.1, 0.15) is 17.3 Å². The Morgan fingerprint density at radius 3 is 2.62 bits per heavy atom. The molecular weight excluding hydrogens is 326 g/mol. The van der Waals surface area contributed by atoms with Crippen LogP contribution in [-0.2, 0) is 15.7 Å². The number of benzene rings is 1. The van der Waals surface area contributed by atoms with E-state index in [0.29, 0.717) is 28.7 Å². The fourth-order valence-electron chi connectivity index (χ4n) is 2.59. The quantitative estimate of drug-likeness (QED) is 0.831. The second-order valence-corrected chi connectivity index (χ2v) is 8.43. The minimum atomic E-state index is -3.19. The summed E-state index contributed by atoms with van der Waals surface area (Å²) in [6.45, 7) is 3.67. The predicted molar refractivity (Wildman–Crippen MR) is 89.8 cm³/mol. The summed E-state index contributed by atoms with van der Waals surface area (Å²) < 4.78 is 30.7. The lowest BCUT2D eigenvalue weighted by molar-refractivity contribution is 0.471. The van der Waals surface area contributed by atoms with Gasteiger partial charge in [-0.15, -0.1) is 0 Å². The van der Waals surface area contributed by atoms with Crippen molar-refractivity contribution >= 4 is 9.84 Å². The maximum atomic E-state index is 11.6. The molecule has 1 fully saturated rings. The molecule has 0 radical (unpaired) electrons. The smallest absolute Gasteiger partial charge is 0.171 e. The van der Waals surface area contributed by atoms with Crippen LogP contribution in [0.4, 0.5) is 0 Å². The van der Waals surface area contributed by atoms with Gasteiger partial charge in [-0.2, -0.15) is 10.4 Å². The van der Waals surface area contributed by atoms with E-state index in [2.05, 4.69) is 11.2 Å². The fraction of sp³-hybridized carbons (Fsp3) is 0.412. The van der Waals surface area contributed by atoms with E-state index >= 15 is 0 Å². The van der Waals surface area contributed by atoms with E-state index in [1.807, 2.05) is 19.9 Å². The Morgan fingerprint density at radius 1 is 1.38 bits per heavy atom. The fourth-order valence-corrected chi connectivity index (χ4v) is 3.29. The second-order valence-electron chi connectivity index (χ2n) is 6.32. The Labute approximate surface area is 141 Å². The molecule has 24 heavy (non-hydrogen) atoms. The van der Waals surface area contributed by atoms with E-state index in [0.717, 1.165) is 24.1 Å². The summed E-state index contributed by atoms with van der Waals surface area (Å²) in [5.41, 5.74) is 2.96. The molecule has 1 aliphatic rings. The summed E-state index contributed by atoms with van der Waals surface area (Å²) >= 11 is 0. The van der Waals surface area contributed by atoms with Crippen LogP contribution in [0.1, 0.15) is 41.3 Å². The van der Waals surface area contributed by atoms with Gasteiger partial charge in [0.25, 0.3) is 0 Å². The van der Waals surface area contributed by atoms with Crippen LogP contribution in [0.3, 0.4) is 0 Å². The average molecular weight is 345 g/mol. The molecule has 1 heterocycles. The third kappa shape index (κ3) is 3.44. The number of sulfone groups is 1. The minimum absolute atomic E-state index is 0.158. The molecule has 126 valence electrons. The average Bonchev–Trinajstić information content (AvgIpc) is 3.28. The van der Waals surface area contributed by atoms with E-state index in [4.69, 9.17) is 10.00 Å². The summed E-state index contributed by atoms with van der Waals surface area (Å²) in [7, 11) is -3.19. The summed E-state index contributed by atoms with van der Waals surface area (Å²) in [4.78, 5) is 0. The zero-order valence-corrected chi connectivity index (χ0v) is 14.7. The zero-order valence-electron chi connectivity index (χ0n) is 13.9. The van der Waals surface area contributed by atoms with Crippen LogP contribution in [0.5, 0.6) is 11.5 Å². The summed E-state index contributed by atoms with van der Waals surface area (Å²) in [5.74, 6) is 1.42. The van der Waals surface area contributed by atoms with Crippen molar-refractivity contribution in [2.75, 3.05) is 6.26 Å². The van der Waals surface area contributed by atoms with Crippen molar-refractivity contribution in [3.63, 3.8) is 0 Å². The number of aryl methyl sites for hydroxylation is 1. The second kappa shape index (κ2) is 5.95. The third-order valence-electron chi connectivity index (χ3n) is 4.04. The van der Waals surface area contributed by atoms with Gasteiger partial charge in [-0.1, -0.05) is 0 Å². The van der Waals surface area contributed by atoms with Crippen LogP contribution < -0.4 is 4.74 Å². The van der Waals surface area contributed by atoms with Gasteiger partial charge in [0.05, 0.1) is 17.3 Å². The SMILES string of the molecule is Cc1cc(Oc2c(C3CC3)nn(CS(C)(=O)=O)c2C)ccc1C#N. The molecule has 2 aromatic rings. The van der Waals surface area contributed by atoms with Crippen LogP contribution in [0.2, 0.25) is 0 Å². The molecule has 0 bridgehead atoms. The number of ether oxygens (including phenoxy) is 1. The Kier molecular flexibility index (Phi) is 4.10. The Bertz CT molecular complexity index is 935. The highest BCUT2D eigenvalue weighted by Crippen LogP contribution is 2.45. The molecule has 0 spiro atoms. The van der Waals surface area contributed by atoms with E-state index < -0.39 is 9.84 Å². The van der Waals surface area contributed by atoms with Gasteiger partial charge < -0.3 is 4.74 Å². The molecule has 6 nitrogen and oxygen atoms in total. The van der Waals surface area contributed by atoms with Crippen molar-refractivity contribution in [2.24, 2.45) is 0 Å². The van der Waals surface area contributed by atoms with Crippen LogP contribution in [0.15, 0.2) is 18.2 Å². The molecule has 3 rings (SSSR count). The van der Waals surface area contributed by atoms with Gasteiger partial charge in [0, 0.05) is 12.2 Å². The molecule has 0 atom stereocenters. The van der Waals surface area contributed by atoms with Gasteiger partial charge in [-0.3, -0.25) is 4.68 Å². The van der Waals surface area contributed by atoms with Crippen LogP contribution in [0, 0.1) is 25.2 Å². The van der Waals surface area contributed by atoms with Crippen molar-refractivity contribution in [1.82, 2.24) is 9.78 Å². The summed E-state index contributed by atoms with van der Waals surface area (Å²) in [6, 6.07) is 7.40. The number of hydrogen-bond acceptors (Lipinski definition) is 5. The topological polar surface area (TPSA) is 85.0 Å². The van der Waals surface area contributed by atoms with Crippen LogP contribution >= 0.6 is 0 Å². The molecule has 1 saturated carbocycles. The first-order valence-electron chi connectivity index (χ1n) is 7.72. The van der Waals surface area contributed by atoms with E-state index in [1.54, 1.807) is 12.1 Å². The van der Waals surface area contributed by atoms with Crippen molar-refractivity contribution < 1.29 is 13.2 Å². The van der Waals surface area contributed by atoms with Gasteiger partial charge >= 0.3 is 0 Å². The van der Waals surface area contributed by atoms with Gasteiger partial charge in [-0.25, -0.2) is 8.42 Å². The first-order chi connectivity index (χ1) is 11.3. The van der Waals surface area contributed by atoms with Gasteiger partial charge in [0.2, 0.25) is 0 Å². The van der Waals surface area contributed by atoms with E-state index in [-0.39, 0.29) is 5.88 Å². The molecule has 1 aliphatic carbocycles. The lowest BCUT2D eigenvalue weighted by atomic mass is 10.1. The van der Waals surface area contributed by atoms with Crippen LogP contribution in [0.25, 0.3) is 0 Å². The molecule has 1 aromatic heterocycles. The number of aromatic nitrogens is 2. The third-order valence-corrected chi connectivity index (χ3v) is 4.75. The molecule has 1 aromatic carbocycles. The highest BCUT2D eigenvalue weighted by atomic mass is 32.2. The zero-order chi connectivity index (χ0) is 17.5. The lowest BCUT2D eigenvalue weighted by Crippen LogP contribution is -2.11. The Morgan fingerprint density at radius 2 is 2.08 bits per heavy atom. The first-order valence-corrected chi connectivity index (χ1v) is 9.78. The molecule has 0 saturated heterocycles. The molecule has 0 unspecified atom stereocenters. The number of hydrogen-bond donors (Lipinski definition) is 0. The maximum Gasteiger partial charge on any atom is 0.171 e. The number of nitriles is 1. The minimum Gasteiger partial charge on any atom is -0.453 e. The highest BCUT2D eigenvalue weighted by molar-refractivity contribution is 7.89. The van der Waals surface area contributed by atoms with Crippen molar-refractivity contribution in [3.05, 3.63) is 40.7 Å². The highest BCUT2D eigenvalue weighted by Gasteiger charge is 2.32. The van der Waals surface area contributed by atoms with Crippen molar-refractivity contribution in [2.45, 2.75) is 38.5 Å². The first kappa shape index (κ1) is 16.5. The summed E-state index contributed by atoms with van der Waals surface area (Å²) in [6.07, 6.45) is 3.27. The lowest BCUT2D eigenvalue weighted by Gasteiger charge is -2.09. The van der Waals surface area contributed by atoms with Crippen LogP contribution in [-0.4, -0.2) is 24.5 Å². The van der Waals surface area contributed by atoms with Gasteiger partial charge in [-0.05, 0) is 50.5 Å². The standard InChI is InChI=1S/C17H19N3O3S/c1-11-8-15(7-6-14(11)9-18)23-17-12(2)20(10-24(3,21)22)19-16(17)13-4-5-13/h6-8,13H,4-5,10H2,1-3H3. The van der Waals surface area contributed by atoms with Crippen molar-refractivity contribution in [1.29, 1.82) is 5.26 Å². The monoisotopic (exact) mass is 345 g/mol. The molecule has 0 aliphatic heterocycles. The molecule has 0 amide bonds. The van der Waals surface area contributed by atoms with Crippen molar-refractivity contribution in [3.8, 4) is 17.6 Å². The van der Waals surface area contributed by atoms with Gasteiger partial charge in [0.15, 0.2) is 15.6 Å². The number of nitrogens with zero attached hydrogens (tertiary/aromatic N) is 3. The maximum absolute atomic E-state index is 11.6. The van der Waals surface area contributed by atoms with E-state index in [9.17, 15) is 8.42 Å². The Balaban J connectivity index is 1.98. The van der Waals surface area contributed by atoms with E-state index in [1.165, 1.54) is 10.9 Å².